The molecule has 1 aliphatic carbocycles. The number of hydrogen-bond acceptors (Lipinski definition) is 7. The van der Waals surface area contributed by atoms with Crippen LogP contribution in [0.15, 0.2) is 64.6 Å². The van der Waals surface area contributed by atoms with Crippen LogP contribution in [0.3, 0.4) is 0 Å². The summed E-state index contributed by atoms with van der Waals surface area (Å²) >= 11 is 0. The molecule has 0 saturated heterocycles. The number of nitrogens with zero attached hydrogens (tertiary/aromatic N) is 4. The highest BCUT2D eigenvalue weighted by Crippen LogP contribution is 2.33. The SMILES string of the molecule is O=C1C2=C(CCC=C2)C(=O)N1CCc1nc2ncccc2c(=O)n1CCc1ccc2c(c1)OCO2. The summed E-state index contributed by atoms with van der Waals surface area (Å²) in [4.78, 5) is 49.2. The van der Waals surface area contributed by atoms with Gasteiger partial charge in [0.15, 0.2) is 17.1 Å². The van der Waals surface area contributed by atoms with Gasteiger partial charge in [-0.15, -0.1) is 0 Å². The van der Waals surface area contributed by atoms with E-state index in [1.165, 1.54) is 4.90 Å². The van der Waals surface area contributed by atoms with Gasteiger partial charge in [0.2, 0.25) is 6.79 Å². The second-order valence-corrected chi connectivity index (χ2v) is 8.64. The molecule has 0 radical (unpaired) electrons. The molecular weight excluding hydrogens is 448 g/mol. The summed E-state index contributed by atoms with van der Waals surface area (Å²) in [6.45, 7) is 0.727. The maximum absolute atomic E-state index is 13.4. The van der Waals surface area contributed by atoms with Crippen LogP contribution in [0.5, 0.6) is 11.5 Å². The molecule has 9 heteroatoms. The number of allylic oxidation sites excluding steroid dienone is 1. The molecule has 6 rings (SSSR count). The third kappa shape index (κ3) is 3.69. The fourth-order valence-electron chi connectivity index (χ4n) is 4.76. The second-order valence-electron chi connectivity index (χ2n) is 8.64. The lowest BCUT2D eigenvalue weighted by atomic mass is 10.00. The lowest BCUT2D eigenvalue weighted by Gasteiger charge is -2.17. The van der Waals surface area contributed by atoms with Crippen LogP contribution in [0, 0.1) is 0 Å². The van der Waals surface area contributed by atoms with Gasteiger partial charge >= 0.3 is 0 Å². The highest BCUT2D eigenvalue weighted by Gasteiger charge is 2.37. The number of aromatic nitrogens is 3. The van der Waals surface area contributed by atoms with E-state index in [1.54, 1.807) is 29.0 Å². The molecule has 0 fully saturated rings. The standard InChI is InChI=1S/C26H22N4O5/c31-24-17-4-1-2-5-18(17)25(32)30(24)13-10-22-28-23-19(6-3-11-27-23)26(33)29(22)12-9-16-7-8-20-21(14-16)35-15-34-20/h1,3-4,6-8,11,14H,2,5,9-10,12-13,15H2. The molecule has 0 saturated carbocycles. The first-order chi connectivity index (χ1) is 17.1. The Morgan fingerprint density at radius 2 is 1.86 bits per heavy atom. The smallest absolute Gasteiger partial charge is 0.263 e. The third-order valence-corrected chi connectivity index (χ3v) is 6.58. The van der Waals surface area contributed by atoms with Gasteiger partial charge in [-0.1, -0.05) is 18.2 Å². The van der Waals surface area contributed by atoms with Crippen molar-refractivity contribution in [2.24, 2.45) is 0 Å². The Morgan fingerprint density at radius 1 is 0.971 bits per heavy atom. The molecule has 3 aliphatic rings. The average molecular weight is 470 g/mol. The van der Waals surface area contributed by atoms with E-state index < -0.39 is 0 Å². The number of hydrogen-bond donors (Lipinski definition) is 0. The normalized spacial score (nSPS) is 16.5. The lowest BCUT2D eigenvalue weighted by Crippen LogP contribution is -2.35. The van der Waals surface area contributed by atoms with E-state index in [0.29, 0.717) is 58.9 Å². The molecule has 3 aromatic rings. The molecule has 176 valence electrons. The van der Waals surface area contributed by atoms with Crippen molar-refractivity contribution in [1.29, 1.82) is 0 Å². The Kier molecular flexibility index (Phi) is 5.17. The van der Waals surface area contributed by atoms with Crippen molar-refractivity contribution >= 4 is 22.8 Å². The zero-order chi connectivity index (χ0) is 23.9. The molecule has 0 bridgehead atoms. The molecule has 2 aliphatic heterocycles. The topological polar surface area (TPSA) is 104 Å². The van der Waals surface area contributed by atoms with Gasteiger partial charge in [0.1, 0.15) is 5.82 Å². The van der Waals surface area contributed by atoms with Gasteiger partial charge in [-0.25, -0.2) is 9.97 Å². The van der Waals surface area contributed by atoms with Gasteiger partial charge in [0, 0.05) is 36.9 Å². The summed E-state index contributed by atoms with van der Waals surface area (Å²) in [6, 6.07) is 9.13. The first-order valence-electron chi connectivity index (χ1n) is 11.6. The Bertz CT molecular complexity index is 1500. The molecule has 2 amide bonds. The van der Waals surface area contributed by atoms with E-state index in [0.717, 1.165) is 12.0 Å². The van der Waals surface area contributed by atoms with Crippen LogP contribution >= 0.6 is 0 Å². The zero-order valence-electron chi connectivity index (χ0n) is 18.9. The largest absolute Gasteiger partial charge is 0.454 e. The van der Waals surface area contributed by atoms with Gasteiger partial charge < -0.3 is 9.47 Å². The number of carbonyl (C=O) groups excluding carboxylic acids is 2. The van der Waals surface area contributed by atoms with Crippen molar-refractivity contribution in [1.82, 2.24) is 19.4 Å². The van der Waals surface area contributed by atoms with Crippen molar-refractivity contribution in [3.63, 3.8) is 0 Å². The van der Waals surface area contributed by atoms with Crippen LogP contribution in [-0.2, 0) is 29.0 Å². The number of amides is 2. The van der Waals surface area contributed by atoms with Crippen molar-refractivity contribution in [2.45, 2.75) is 32.2 Å². The highest BCUT2D eigenvalue weighted by molar-refractivity contribution is 6.20. The van der Waals surface area contributed by atoms with E-state index in [-0.39, 0.29) is 37.1 Å². The average Bonchev–Trinajstić information content (AvgIpc) is 3.45. The molecule has 35 heavy (non-hydrogen) atoms. The van der Waals surface area contributed by atoms with Crippen LogP contribution in [0.2, 0.25) is 0 Å². The molecule has 4 heterocycles. The van der Waals surface area contributed by atoms with E-state index in [9.17, 15) is 14.4 Å². The van der Waals surface area contributed by atoms with Crippen LogP contribution in [0.4, 0.5) is 0 Å². The zero-order valence-corrected chi connectivity index (χ0v) is 18.9. The number of aryl methyl sites for hydroxylation is 1. The summed E-state index contributed by atoms with van der Waals surface area (Å²) in [7, 11) is 0. The van der Waals surface area contributed by atoms with E-state index in [4.69, 9.17) is 9.47 Å². The fraction of sp³-hybridized carbons (Fsp3) is 0.269. The maximum Gasteiger partial charge on any atom is 0.263 e. The van der Waals surface area contributed by atoms with E-state index in [2.05, 4.69) is 9.97 Å². The van der Waals surface area contributed by atoms with Gasteiger partial charge in [0.25, 0.3) is 17.4 Å². The van der Waals surface area contributed by atoms with Crippen molar-refractivity contribution in [2.75, 3.05) is 13.3 Å². The number of ether oxygens (including phenoxy) is 2. The monoisotopic (exact) mass is 470 g/mol. The highest BCUT2D eigenvalue weighted by atomic mass is 16.7. The molecule has 0 unspecified atom stereocenters. The molecule has 0 atom stereocenters. The Balaban J connectivity index is 1.28. The van der Waals surface area contributed by atoms with Gasteiger partial charge in [0.05, 0.1) is 5.39 Å². The lowest BCUT2D eigenvalue weighted by molar-refractivity contribution is -0.137. The summed E-state index contributed by atoms with van der Waals surface area (Å²) in [6.07, 6.45) is 7.39. The molecular formula is C26H22N4O5. The Labute approximate surface area is 200 Å². The maximum atomic E-state index is 13.4. The molecule has 1 aromatic carbocycles. The molecule has 9 nitrogen and oxygen atoms in total. The number of pyridine rings is 1. The summed E-state index contributed by atoms with van der Waals surface area (Å²) in [5, 5.41) is 0.428. The van der Waals surface area contributed by atoms with Gasteiger partial charge in [-0.05, 0) is 49.1 Å². The van der Waals surface area contributed by atoms with Crippen LogP contribution in [-0.4, -0.2) is 44.6 Å². The van der Waals surface area contributed by atoms with Crippen LogP contribution in [0.25, 0.3) is 11.0 Å². The molecule has 0 N–H and O–H groups in total. The van der Waals surface area contributed by atoms with Gasteiger partial charge in [-0.3, -0.25) is 23.9 Å². The van der Waals surface area contributed by atoms with Crippen LogP contribution < -0.4 is 15.0 Å². The summed E-state index contributed by atoms with van der Waals surface area (Å²) < 4.78 is 12.5. The first kappa shape index (κ1) is 21.3. The van der Waals surface area contributed by atoms with Crippen molar-refractivity contribution in [3.8, 4) is 11.5 Å². The minimum Gasteiger partial charge on any atom is -0.454 e. The second kappa shape index (κ2) is 8.50. The van der Waals surface area contributed by atoms with E-state index >= 15 is 0 Å². The number of rotatable bonds is 6. The quantitative estimate of drug-likeness (QED) is 0.510. The minimum absolute atomic E-state index is 0.146. The molecule has 2 aromatic heterocycles. The Hall–Kier alpha value is -4.27. The minimum atomic E-state index is -0.283. The summed E-state index contributed by atoms with van der Waals surface area (Å²) in [5.41, 5.74) is 2.21. The number of carbonyl (C=O) groups is 2. The number of fused-ring (bicyclic) bond motifs is 2. The van der Waals surface area contributed by atoms with Gasteiger partial charge in [-0.2, -0.15) is 0 Å². The van der Waals surface area contributed by atoms with Crippen molar-refractivity contribution in [3.05, 3.63) is 81.6 Å². The van der Waals surface area contributed by atoms with Crippen molar-refractivity contribution < 1.29 is 19.1 Å². The molecule has 0 spiro atoms. The van der Waals surface area contributed by atoms with E-state index in [1.807, 2.05) is 24.3 Å². The number of imide groups is 1. The predicted molar refractivity (Wildman–Crippen MR) is 126 cm³/mol. The fourth-order valence-corrected chi connectivity index (χ4v) is 4.76. The summed E-state index contributed by atoms with van der Waals surface area (Å²) in [5.74, 6) is 1.35. The number of benzene rings is 1. The van der Waals surface area contributed by atoms with Crippen LogP contribution in [0.1, 0.15) is 24.2 Å². The Morgan fingerprint density at radius 3 is 2.74 bits per heavy atom. The predicted octanol–water partition coefficient (Wildman–Crippen LogP) is 2.32. The first-order valence-corrected chi connectivity index (χ1v) is 11.6. The third-order valence-electron chi connectivity index (χ3n) is 6.58.